The van der Waals surface area contributed by atoms with E-state index in [4.69, 9.17) is 9.84 Å². The van der Waals surface area contributed by atoms with Crippen molar-refractivity contribution in [2.45, 2.75) is 10.6 Å². The van der Waals surface area contributed by atoms with E-state index < -0.39 is 5.97 Å². The van der Waals surface area contributed by atoms with Crippen LogP contribution in [0.4, 0.5) is 0 Å². The van der Waals surface area contributed by atoms with Crippen molar-refractivity contribution in [1.29, 1.82) is 0 Å². The average molecular weight is 280 g/mol. The molecule has 1 heterocycles. The average Bonchev–Trinajstić information content (AvgIpc) is 2.85. The Kier molecular flexibility index (Phi) is 4.28. The fraction of sp³-hybridized carbons (Fsp3) is 0.154. The highest BCUT2D eigenvalue weighted by molar-refractivity contribution is 7.98. The Morgan fingerprint density at radius 1 is 1.44 bits per heavy atom. The first-order chi connectivity index (χ1) is 8.70. The summed E-state index contributed by atoms with van der Waals surface area (Å²) in [5.74, 6) is 0.752. The summed E-state index contributed by atoms with van der Waals surface area (Å²) in [6.07, 6.45) is 0. The largest absolute Gasteiger partial charge is 0.496 e. The molecule has 0 spiro atoms. The molecule has 18 heavy (non-hydrogen) atoms. The van der Waals surface area contributed by atoms with Crippen molar-refractivity contribution in [3.8, 4) is 5.75 Å². The van der Waals surface area contributed by atoms with Gasteiger partial charge in [-0.05, 0) is 12.1 Å². The number of carbonyl (C=O) groups is 1. The summed E-state index contributed by atoms with van der Waals surface area (Å²) < 4.78 is 5.27. The van der Waals surface area contributed by atoms with Gasteiger partial charge in [-0.2, -0.15) is 0 Å². The number of hydrogen-bond donors (Lipinski definition) is 1. The second-order valence-electron chi connectivity index (χ2n) is 3.55. The number of carboxylic acids is 1. The van der Waals surface area contributed by atoms with Crippen molar-refractivity contribution in [1.82, 2.24) is 0 Å². The Labute approximate surface area is 113 Å². The van der Waals surface area contributed by atoms with Crippen molar-refractivity contribution in [2.24, 2.45) is 0 Å². The Morgan fingerprint density at radius 3 is 2.89 bits per heavy atom. The summed E-state index contributed by atoms with van der Waals surface area (Å²) in [5.41, 5.74) is 1.10. The maximum atomic E-state index is 10.8. The Hall–Kier alpha value is -1.46. The lowest BCUT2D eigenvalue weighted by atomic mass is 10.2. The molecule has 0 atom stereocenters. The number of benzene rings is 1. The zero-order valence-electron chi connectivity index (χ0n) is 9.75. The van der Waals surface area contributed by atoms with Crippen LogP contribution in [0.15, 0.2) is 40.6 Å². The van der Waals surface area contributed by atoms with E-state index in [0.29, 0.717) is 4.88 Å². The van der Waals surface area contributed by atoms with Gasteiger partial charge in [0.1, 0.15) is 10.6 Å². The van der Waals surface area contributed by atoms with Crippen LogP contribution in [-0.4, -0.2) is 18.2 Å². The molecule has 1 N–H and O–H groups in total. The van der Waals surface area contributed by atoms with Crippen LogP contribution in [-0.2, 0) is 5.75 Å². The lowest BCUT2D eigenvalue weighted by molar-refractivity contribution is 0.0702. The van der Waals surface area contributed by atoms with Crippen molar-refractivity contribution in [2.75, 3.05) is 7.11 Å². The number of ether oxygens (including phenoxy) is 1. The molecule has 0 radical (unpaired) electrons. The molecule has 1 aromatic heterocycles. The number of thioether (sulfide) groups is 1. The third kappa shape index (κ3) is 3.05. The Bertz CT molecular complexity index is 549. The Morgan fingerprint density at radius 2 is 2.22 bits per heavy atom. The first-order valence-corrected chi connectivity index (χ1v) is 7.13. The number of aromatic carboxylic acids is 1. The quantitative estimate of drug-likeness (QED) is 0.847. The van der Waals surface area contributed by atoms with Crippen molar-refractivity contribution >= 4 is 29.1 Å². The van der Waals surface area contributed by atoms with Crippen LogP contribution >= 0.6 is 23.1 Å². The predicted molar refractivity (Wildman–Crippen MR) is 73.8 cm³/mol. The monoisotopic (exact) mass is 280 g/mol. The molecule has 0 amide bonds. The second-order valence-corrected chi connectivity index (χ2v) is 5.51. The second kappa shape index (κ2) is 5.93. The van der Waals surface area contributed by atoms with Crippen LogP contribution in [0.1, 0.15) is 15.2 Å². The van der Waals surface area contributed by atoms with E-state index in [1.165, 1.54) is 11.3 Å². The van der Waals surface area contributed by atoms with Gasteiger partial charge in [-0.1, -0.05) is 18.2 Å². The number of carboxylic acid groups (broad SMARTS) is 1. The molecule has 94 valence electrons. The van der Waals surface area contributed by atoms with Crippen LogP contribution in [0.5, 0.6) is 5.75 Å². The topological polar surface area (TPSA) is 46.5 Å². The third-order valence-corrected chi connectivity index (χ3v) is 4.46. The highest BCUT2D eigenvalue weighted by Gasteiger charge is 2.08. The molecule has 0 aliphatic heterocycles. The molecular formula is C13H12O3S2. The lowest BCUT2D eigenvalue weighted by Gasteiger charge is -2.06. The summed E-state index contributed by atoms with van der Waals surface area (Å²) in [6, 6.07) is 9.53. The molecular weight excluding hydrogens is 268 g/mol. The lowest BCUT2D eigenvalue weighted by Crippen LogP contribution is -1.90. The fourth-order valence-corrected chi connectivity index (χ4v) is 3.35. The molecule has 2 aromatic rings. The maximum absolute atomic E-state index is 10.8. The minimum absolute atomic E-state index is 0.373. The van der Waals surface area contributed by atoms with Gasteiger partial charge in [-0.25, -0.2) is 4.79 Å². The van der Waals surface area contributed by atoms with E-state index in [0.717, 1.165) is 22.0 Å². The zero-order chi connectivity index (χ0) is 13.0. The van der Waals surface area contributed by atoms with E-state index in [2.05, 4.69) is 0 Å². The summed E-state index contributed by atoms with van der Waals surface area (Å²) in [5, 5.41) is 10.7. The van der Waals surface area contributed by atoms with Gasteiger partial charge in [0, 0.05) is 21.6 Å². The molecule has 0 aliphatic carbocycles. The van der Waals surface area contributed by atoms with Crippen molar-refractivity contribution < 1.29 is 14.6 Å². The van der Waals surface area contributed by atoms with E-state index in [9.17, 15) is 4.79 Å². The third-order valence-electron chi connectivity index (χ3n) is 2.37. The highest BCUT2D eigenvalue weighted by atomic mass is 32.2. The minimum atomic E-state index is -0.871. The van der Waals surface area contributed by atoms with Gasteiger partial charge in [0.2, 0.25) is 0 Å². The van der Waals surface area contributed by atoms with Crippen LogP contribution in [0, 0.1) is 0 Å². The predicted octanol–water partition coefficient (Wildman–Crippen LogP) is 3.75. The molecule has 0 bridgehead atoms. The van der Waals surface area contributed by atoms with E-state index >= 15 is 0 Å². The molecule has 0 saturated heterocycles. The number of para-hydroxylation sites is 1. The first kappa shape index (κ1) is 13.0. The zero-order valence-corrected chi connectivity index (χ0v) is 11.4. The van der Waals surface area contributed by atoms with Crippen LogP contribution in [0.3, 0.4) is 0 Å². The minimum Gasteiger partial charge on any atom is -0.496 e. The number of hydrogen-bond acceptors (Lipinski definition) is 4. The van der Waals surface area contributed by atoms with Gasteiger partial charge >= 0.3 is 5.97 Å². The molecule has 5 heteroatoms. The van der Waals surface area contributed by atoms with Gasteiger partial charge in [-0.3, -0.25) is 0 Å². The summed E-state index contributed by atoms with van der Waals surface area (Å²) in [7, 11) is 1.65. The van der Waals surface area contributed by atoms with Crippen LogP contribution in [0.2, 0.25) is 0 Å². The van der Waals surface area contributed by atoms with E-state index in [1.807, 2.05) is 29.6 Å². The highest BCUT2D eigenvalue weighted by Crippen LogP contribution is 2.30. The van der Waals surface area contributed by atoms with Gasteiger partial charge in [0.25, 0.3) is 0 Å². The standard InChI is InChI=1S/C13H12O3S2/c1-16-11-5-3-2-4-9(11)7-17-10-6-12(13(14)15)18-8-10/h2-6,8H,7H2,1H3,(H,14,15). The van der Waals surface area contributed by atoms with Crippen molar-refractivity contribution in [3.63, 3.8) is 0 Å². The van der Waals surface area contributed by atoms with Gasteiger partial charge in [0.15, 0.2) is 0 Å². The molecule has 1 aromatic carbocycles. The number of thiophene rings is 1. The molecule has 2 rings (SSSR count). The number of methoxy groups -OCH3 is 1. The first-order valence-electron chi connectivity index (χ1n) is 5.27. The SMILES string of the molecule is COc1ccccc1CSc1csc(C(=O)O)c1. The molecule has 0 fully saturated rings. The molecule has 0 unspecified atom stereocenters. The Balaban J connectivity index is 2.04. The van der Waals surface area contributed by atoms with Crippen molar-refractivity contribution in [3.05, 3.63) is 46.2 Å². The van der Waals surface area contributed by atoms with Gasteiger partial charge in [0.05, 0.1) is 7.11 Å². The number of rotatable bonds is 5. The van der Waals surface area contributed by atoms with E-state index in [1.54, 1.807) is 24.9 Å². The smallest absolute Gasteiger partial charge is 0.345 e. The van der Waals surface area contributed by atoms with Crippen LogP contribution < -0.4 is 4.74 Å². The molecule has 0 aliphatic rings. The maximum Gasteiger partial charge on any atom is 0.345 e. The van der Waals surface area contributed by atoms with Gasteiger partial charge in [-0.15, -0.1) is 23.1 Å². The van der Waals surface area contributed by atoms with E-state index in [-0.39, 0.29) is 0 Å². The van der Waals surface area contributed by atoms with Gasteiger partial charge < -0.3 is 9.84 Å². The molecule has 3 nitrogen and oxygen atoms in total. The summed E-state index contributed by atoms with van der Waals surface area (Å²) in [4.78, 5) is 12.1. The molecule has 0 saturated carbocycles. The summed E-state index contributed by atoms with van der Waals surface area (Å²) >= 11 is 2.86. The normalized spacial score (nSPS) is 10.3. The van der Waals surface area contributed by atoms with Crippen LogP contribution in [0.25, 0.3) is 0 Å². The fourth-order valence-electron chi connectivity index (χ4n) is 1.49. The summed E-state index contributed by atoms with van der Waals surface area (Å²) in [6.45, 7) is 0.